The molecule has 9 rings (SSSR count). The Balaban J connectivity index is 0.930. The minimum atomic E-state index is -0.287. The lowest BCUT2D eigenvalue weighted by Gasteiger charge is -2.27. The third-order valence-corrected chi connectivity index (χ3v) is 12.2. The smallest absolute Gasteiger partial charge is 0.120 e. The molecule has 0 aromatic heterocycles. The maximum Gasteiger partial charge on any atom is 0.120 e. The van der Waals surface area contributed by atoms with Gasteiger partial charge in [-0.1, -0.05) is 144 Å². The predicted molar refractivity (Wildman–Crippen MR) is 301 cm³/mol. The van der Waals surface area contributed by atoms with Gasteiger partial charge in [-0.2, -0.15) is 0 Å². The van der Waals surface area contributed by atoms with Gasteiger partial charge < -0.3 is 19.4 Å². The fourth-order valence-electron chi connectivity index (χ4n) is 8.46. The lowest BCUT2D eigenvalue weighted by molar-refractivity contribution is 0.131. The minimum absolute atomic E-state index is 0.287. The Labute approximate surface area is 415 Å². The second-order valence-corrected chi connectivity index (χ2v) is 19.1. The van der Waals surface area contributed by atoms with Gasteiger partial charge in [0.1, 0.15) is 11.4 Å². The van der Waals surface area contributed by atoms with Crippen molar-refractivity contribution in [3.63, 3.8) is 0 Å². The van der Waals surface area contributed by atoms with E-state index in [1.54, 1.807) is 0 Å². The van der Waals surface area contributed by atoms with E-state index in [-0.39, 0.29) is 5.60 Å². The average Bonchev–Trinajstić information content (AvgIpc) is 3.37. The van der Waals surface area contributed by atoms with Crippen LogP contribution in [0.15, 0.2) is 218 Å². The molecule has 9 aromatic carbocycles. The van der Waals surface area contributed by atoms with Crippen molar-refractivity contribution in [3.8, 4) is 5.75 Å². The number of hydrogen-bond donors (Lipinski definition) is 0. The highest BCUT2D eigenvalue weighted by Crippen LogP contribution is 2.39. The average molecular weight is 912 g/mol. The molecule has 70 heavy (non-hydrogen) atoms. The molecule has 0 aliphatic rings. The van der Waals surface area contributed by atoms with Gasteiger partial charge in [0.2, 0.25) is 0 Å². The first-order chi connectivity index (χ1) is 33.9. The first kappa shape index (κ1) is 46.8. The molecule has 346 valence electrons. The molecule has 0 amide bonds. The Morgan fingerprint density at radius 3 is 0.614 bits per heavy atom. The standard InChI is InChI=1S/C66H61N3O/c1-48-8-28-56(29-9-48)67(57-30-10-49(2)11-31-57)60-36-20-52(21-37-60)16-18-54-24-40-62(41-25-54)69(64-44-46-65(47-45-64)70-66(5,6)7)63-42-26-55(27-43-63)19-17-53-22-38-61(39-23-53)68(58-32-12-50(3)13-33-58)59-34-14-51(4)15-35-59/h8-47H,1-7H3/b18-16+,19-17+. The molecule has 0 fully saturated rings. The largest absolute Gasteiger partial charge is 0.488 e. The first-order valence-electron chi connectivity index (χ1n) is 24.1. The van der Waals surface area contributed by atoms with E-state index in [4.69, 9.17) is 4.74 Å². The minimum Gasteiger partial charge on any atom is -0.488 e. The van der Waals surface area contributed by atoms with Gasteiger partial charge in [0.05, 0.1) is 0 Å². The van der Waals surface area contributed by atoms with E-state index in [9.17, 15) is 0 Å². The van der Waals surface area contributed by atoms with E-state index < -0.39 is 0 Å². The van der Waals surface area contributed by atoms with Crippen LogP contribution in [0.25, 0.3) is 24.3 Å². The summed E-state index contributed by atoms with van der Waals surface area (Å²) < 4.78 is 6.20. The van der Waals surface area contributed by atoms with Gasteiger partial charge in [0, 0.05) is 51.2 Å². The number of rotatable bonds is 14. The maximum atomic E-state index is 6.20. The Bertz CT molecular complexity index is 2880. The second-order valence-electron chi connectivity index (χ2n) is 19.1. The molecule has 0 saturated carbocycles. The summed E-state index contributed by atoms with van der Waals surface area (Å²) in [4.78, 5) is 6.90. The Morgan fingerprint density at radius 2 is 0.429 bits per heavy atom. The van der Waals surface area contributed by atoms with Crippen molar-refractivity contribution < 1.29 is 4.74 Å². The molecule has 0 unspecified atom stereocenters. The fraction of sp³-hybridized carbons (Fsp3) is 0.121. The van der Waals surface area contributed by atoms with Crippen LogP contribution in [0, 0.1) is 27.7 Å². The maximum absolute atomic E-state index is 6.20. The molecule has 0 aliphatic carbocycles. The summed E-state index contributed by atoms with van der Waals surface area (Å²) in [5.74, 6) is 0.842. The lowest BCUT2D eigenvalue weighted by Crippen LogP contribution is -2.22. The van der Waals surface area contributed by atoms with E-state index >= 15 is 0 Å². The monoisotopic (exact) mass is 911 g/mol. The Kier molecular flexibility index (Phi) is 14.0. The van der Waals surface area contributed by atoms with E-state index in [1.807, 2.05) is 0 Å². The number of benzene rings is 9. The van der Waals surface area contributed by atoms with Crippen molar-refractivity contribution in [3.05, 3.63) is 263 Å². The van der Waals surface area contributed by atoms with Gasteiger partial charge in [0.15, 0.2) is 0 Å². The molecular formula is C66H61N3O. The van der Waals surface area contributed by atoms with Crippen LogP contribution in [0.1, 0.15) is 65.3 Å². The van der Waals surface area contributed by atoms with Crippen molar-refractivity contribution in [2.75, 3.05) is 14.7 Å². The molecule has 0 atom stereocenters. The van der Waals surface area contributed by atoms with Gasteiger partial charge >= 0.3 is 0 Å². The lowest BCUT2D eigenvalue weighted by atomic mass is 10.1. The van der Waals surface area contributed by atoms with E-state index in [0.29, 0.717) is 0 Å². The van der Waals surface area contributed by atoms with Crippen molar-refractivity contribution in [2.24, 2.45) is 0 Å². The summed E-state index contributed by atoms with van der Waals surface area (Å²) in [5.41, 5.74) is 19.1. The zero-order valence-electron chi connectivity index (χ0n) is 41.3. The summed E-state index contributed by atoms with van der Waals surface area (Å²) in [5, 5.41) is 0. The number of anilines is 9. The summed E-state index contributed by atoms with van der Waals surface area (Å²) in [7, 11) is 0. The molecular weight excluding hydrogens is 851 g/mol. The number of ether oxygens (including phenoxy) is 1. The second kappa shape index (κ2) is 20.9. The van der Waals surface area contributed by atoms with Crippen LogP contribution in [-0.4, -0.2) is 5.60 Å². The molecule has 0 spiro atoms. The van der Waals surface area contributed by atoms with Gasteiger partial charge in [-0.05, 0) is 192 Å². The third-order valence-electron chi connectivity index (χ3n) is 12.2. The van der Waals surface area contributed by atoms with Crippen LogP contribution in [0.2, 0.25) is 0 Å². The van der Waals surface area contributed by atoms with E-state index in [2.05, 4.69) is 306 Å². The van der Waals surface area contributed by atoms with Crippen LogP contribution >= 0.6 is 0 Å². The first-order valence-corrected chi connectivity index (χ1v) is 24.1. The molecule has 0 aliphatic heterocycles. The molecule has 0 bridgehead atoms. The van der Waals surface area contributed by atoms with Gasteiger partial charge in [-0.25, -0.2) is 0 Å². The topological polar surface area (TPSA) is 19.0 Å². The highest BCUT2D eigenvalue weighted by Gasteiger charge is 2.17. The van der Waals surface area contributed by atoms with Gasteiger partial charge in [-0.15, -0.1) is 0 Å². The zero-order chi connectivity index (χ0) is 48.6. The predicted octanol–water partition coefficient (Wildman–Crippen LogP) is 18.8. The highest BCUT2D eigenvalue weighted by molar-refractivity contribution is 5.82. The molecule has 0 heterocycles. The van der Waals surface area contributed by atoms with Crippen LogP contribution in [0.5, 0.6) is 5.75 Å². The van der Waals surface area contributed by atoms with Crippen LogP contribution < -0.4 is 19.4 Å². The molecule has 0 N–H and O–H groups in total. The van der Waals surface area contributed by atoms with Crippen molar-refractivity contribution in [1.29, 1.82) is 0 Å². The Morgan fingerprint density at radius 1 is 0.257 bits per heavy atom. The quantitative estimate of drug-likeness (QED) is 0.101. The summed E-state index contributed by atoms with van der Waals surface area (Å²) in [6, 6.07) is 78.3. The fourth-order valence-corrected chi connectivity index (χ4v) is 8.46. The van der Waals surface area contributed by atoms with Crippen molar-refractivity contribution in [1.82, 2.24) is 0 Å². The molecule has 0 saturated heterocycles. The highest BCUT2D eigenvalue weighted by atomic mass is 16.5. The van der Waals surface area contributed by atoms with Crippen LogP contribution in [0.4, 0.5) is 51.2 Å². The van der Waals surface area contributed by atoms with E-state index in [1.165, 1.54) is 22.3 Å². The summed E-state index contributed by atoms with van der Waals surface area (Å²) >= 11 is 0. The third kappa shape index (κ3) is 11.7. The van der Waals surface area contributed by atoms with Gasteiger partial charge in [-0.3, -0.25) is 0 Å². The van der Waals surface area contributed by atoms with E-state index in [0.717, 1.165) is 79.2 Å². The van der Waals surface area contributed by atoms with Gasteiger partial charge in [0.25, 0.3) is 0 Å². The summed E-state index contributed by atoms with van der Waals surface area (Å²) in [6.45, 7) is 14.7. The SMILES string of the molecule is Cc1ccc(N(c2ccc(C)cc2)c2ccc(/C=C/c3ccc(N(c4ccc(/C=C/c5ccc(N(c6ccc(C)cc6)c6ccc(C)cc6)cc5)cc4)c4ccc(OC(C)(C)C)cc4)cc3)cc2)cc1. The van der Waals surface area contributed by atoms with Crippen LogP contribution in [0.3, 0.4) is 0 Å². The molecule has 0 radical (unpaired) electrons. The normalized spacial score (nSPS) is 11.5. The van der Waals surface area contributed by atoms with Crippen LogP contribution in [-0.2, 0) is 0 Å². The number of nitrogens with zero attached hydrogens (tertiary/aromatic N) is 3. The Hall–Kier alpha value is -8.34. The molecule has 4 heteroatoms. The summed E-state index contributed by atoms with van der Waals surface area (Å²) in [6.07, 6.45) is 8.72. The van der Waals surface area contributed by atoms with Crippen molar-refractivity contribution in [2.45, 2.75) is 54.1 Å². The molecule has 4 nitrogen and oxygen atoms in total. The van der Waals surface area contributed by atoms with Crippen molar-refractivity contribution >= 4 is 75.5 Å². The number of aryl methyl sites for hydroxylation is 4. The number of hydrogen-bond acceptors (Lipinski definition) is 4. The zero-order valence-corrected chi connectivity index (χ0v) is 41.3. The molecule has 9 aromatic rings.